The minimum Gasteiger partial charge on any atom is -0.384 e. The molecule has 0 amide bonds. The summed E-state index contributed by atoms with van der Waals surface area (Å²) in [6, 6.07) is 10.4. The summed E-state index contributed by atoms with van der Waals surface area (Å²) < 4.78 is 7.10. The average molecular weight is 259 g/mol. The van der Waals surface area contributed by atoms with Crippen molar-refractivity contribution in [3.8, 4) is 5.69 Å². The predicted octanol–water partition coefficient (Wildman–Crippen LogP) is 2.17. The fourth-order valence-corrected chi connectivity index (χ4v) is 2.00. The second kappa shape index (κ2) is 7.07. The maximum atomic E-state index is 5.16. The van der Waals surface area contributed by atoms with Gasteiger partial charge in [-0.2, -0.15) is 5.10 Å². The Hall–Kier alpha value is -1.65. The van der Waals surface area contributed by atoms with E-state index in [1.54, 1.807) is 7.11 Å². The Morgan fingerprint density at radius 2 is 2.11 bits per heavy atom. The lowest BCUT2D eigenvalue weighted by Crippen LogP contribution is -2.12. The zero-order valence-corrected chi connectivity index (χ0v) is 11.6. The van der Waals surface area contributed by atoms with Gasteiger partial charge in [0.05, 0.1) is 18.0 Å². The van der Waals surface area contributed by atoms with Crippen molar-refractivity contribution < 1.29 is 4.74 Å². The monoisotopic (exact) mass is 259 g/mol. The second-order valence-electron chi connectivity index (χ2n) is 4.40. The fourth-order valence-electron chi connectivity index (χ4n) is 2.00. The third-order valence-corrected chi connectivity index (χ3v) is 3.01. The number of hydrogen-bond acceptors (Lipinski definition) is 3. The molecule has 2 rings (SSSR count). The summed E-state index contributed by atoms with van der Waals surface area (Å²) in [5.41, 5.74) is 3.44. The summed E-state index contributed by atoms with van der Waals surface area (Å²) in [5, 5.41) is 7.88. The van der Waals surface area contributed by atoms with E-state index in [1.165, 1.54) is 5.56 Å². The summed E-state index contributed by atoms with van der Waals surface area (Å²) in [6.07, 6.45) is 2.91. The zero-order chi connectivity index (χ0) is 13.5. The van der Waals surface area contributed by atoms with Crippen molar-refractivity contribution in [2.45, 2.75) is 19.9 Å². The predicted molar refractivity (Wildman–Crippen MR) is 76.5 cm³/mol. The normalized spacial score (nSPS) is 10.8. The molecular formula is C15H21N3O. The van der Waals surface area contributed by atoms with Crippen LogP contribution in [0.3, 0.4) is 0 Å². The molecule has 0 aliphatic carbocycles. The Labute approximate surface area is 114 Å². The molecule has 0 aliphatic heterocycles. The fraction of sp³-hybridized carbons (Fsp3) is 0.400. The molecule has 0 aliphatic rings. The number of rotatable bonds is 7. The standard InChI is InChI=1S/C15H21N3O/c1-3-16-12-14-8-10-18(17-14)15-7-5-4-6-13(15)9-11-19-2/h4-8,10,16H,3,9,11-12H2,1-2H3. The number of para-hydroxylation sites is 1. The molecule has 0 saturated heterocycles. The summed E-state index contributed by atoms with van der Waals surface area (Å²) in [6.45, 7) is 4.58. The zero-order valence-electron chi connectivity index (χ0n) is 11.6. The molecule has 102 valence electrons. The molecule has 0 bridgehead atoms. The summed E-state index contributed by atoms with van der Waals surface area (Å²) in [4.78, 5) is 0. The van der Waals surface area contributed by atoms with E-state index in [0.717, 1.165) is 37.5 Å². The summed E-state index contributed by atoms with van der Waals surface area (Å²) in [5.74, 6) is 0. The van der Waals surface area contributed by atoms with Gasteiger partial charge in [0, 0.05) is 19.9 Å². The van der Waals surface area contributed by atoms with E-state index in [9.17, 15) is 0 Å². The molecule has 4 heteroatoms. The van der Waals surface area contributed by atoms with E-state index < -0.39 is 0 Å². The number of hydrogen-bond donors (Lipinski definition) is 1. The van der Waals surface area contributed by atoms with Gasteiger partial charge < -0.3 is 10.1 Å². The molecule has 0 spiro atoms. The Balaban J connectivity index is 2.18. The van der Waals surface area contributed by atoms with Gasteiger partial charge in [0.25, 0.3) is 0 Å². The molecule has 4 nitrogen and oxygen atoms in total. The van der Waals surface area contributed by atoms with E-state index in [0.29, 0.717) is 0 Å². The maximum Gasteiger partial charge on any atom is 0.0766 e. The molecule has 1 aromatic heterocycles. The van der Waals surface area contributed by atoms with E-state index in [-0.39, 0.29) is 0 Å². The number of ether oxygens (including phenoxy) is 1. The molecule has 1 N–H and O–H groups in total. The van der Waals surface area contributed by atoms with Crippen molar-refractivity contribution in [2.24, 2.45) is 0 Å². The molecule has 1 aromatic carbocycles. The van der Waals surface area contributed by atoms with Crippen LogP contribution in [0.5, 0.6) is 0 Å². The number of aromatic nitrogens is 2. The molecule has 0 radical (unpaired) electrons. The molecule has 1 heterocycles. The lowest BCUT2D eigenvalue weighted by molar-refractivity contribution is 0.202. The van der Waals surface area contributed by atoms with Gasteiger partial charge in [-0.15, -0.1) is 0 Å². The Morgan fingerprint density at radius 3 is 2.89 bits per heavy atom. The van der Waals surface area contributed by atoms with Crippen molar-refractivity contribution in [1.82, 2.24) is 15.1 Å². The van der Waals surface area contributed by atoms with Crippen molar-refractivity contribution in [3.05, 3.63) is 47.8 Å². The third kappa shape index (κ3) is 3.66. The first-order chi connectivity index (χ1) is 9.35. The topological polar surface area (TPSA) is 39.1 Å². The Kier molecular flexibility index (Phi) is 5.12. The lowest BCUT2D eigenvalue weighted by Gasteiger charge is -2.09. The van der Waals surface area contributed by atoms with Gasteiger partial charge in [-0.1, -0.05) is 25.1 Å². The van der Waals surface area contributed by atoms with Crippen LogP contribution in [-0.4, -0.2) is 30.0 Å². The van der Waals surface area contributed by atoms with Crippen molar-refractivity contribution in [2.75, 3.05) is 20.3 Å². The summed E-state index contributed by atoms with van der Waals surface area (Å²) in [7, 11) is 1.73. The molecule has 2 aromatic rings. The van der Waals surface area contributed by atoms with Crippen LogP contribution in [0.1, 0.15) is 18.2 Å². The van der Waals surface area contributed by atoms with Crippen molar-refractivity contribution in [3.63, 3.8) is 0 Å². The van der Waals surface area contributed by atoms with Crippen LogP contribution in [0.4, 0.5) is 0 Å². The number of benzene rings is 1. The molecule has 0 saturated carbocycles. The van der Waals surface area contributed by atoms with Crippen LogP contribution >= 0.6 is 0 Å². The molecule has 0 fully saturated rings. The number of methoxy groups -OCH3 is 1. The second-order valence-corrected chi connectivity index (χ2v) is 4.40. The van der Waals surface area contributed by atoms with Gasteiger partial charge in [0.15, 0.2) is 0 Å². The summed E-state index contributed by atoms with van der Waals surface area (Å²) >= 11 is 0. The highest BCUT2D eigenvalue weighted by Gasteiger charge is 2.05. The minimum absolute atomic E-state index is 0.725. The maximum absolute atomic E-state index is 5.16. The van der Waals surface area contributed by atoms with Crippen LogP contribution in [0.25, 0.3) is 5.69 Å². The van der Waals surface area contributed by atoms with Crippen molar-refractivity contribution in [1.29, 1.82) is 0 Å². The highest BCUT2D eigenvalue weighted by atomic mass is 16.5. The van der Waals surface area contributed by atoms with Crippen LogP contribution in [0.2, 0.25) is 0 Å². The highest BCUT2D eigenvalue weighted by Crippen LogP contribution is 2.15. The van der Waals surface area contributed by atoms with Crippen molar-refractivity contribution >= 4 is 0 Å². The average Bonchev–Trinajstić information content (AvgIpc) is 2.92. The first kappa shape index (κ1) is 13.8. The SMILES string of the molecule is CCNCc1ccn(-c2ccccc2CCOC)n1. The van der Waals surface area contributed by atoms with Gasteiger partial charge in [-0.3, -0.25) is 0 Å². The van der Waals surface area contributed by atoms with E-state index >= 15 is 0 Å². The molecule has 0 unspecified atom stereocenters. The lowest BCUT2D eigenvalue weighted by atomic mass is 10.1. The highest BCUT2D eigenvalue weighted by molar-refractivity contribution is 5.40. The molecule has 19 heavy (non-hydrogen) atoms. The number of nitrogens with zero attached hydrogens (tertiary/aromatic N) is 2. The van der Waals surface area contributed by atoms with Gasteiger partial charge in [0.1, 0.15) is 0 Å². The first-order valence-corrected chi connectivity index (χ1v) is 6.67. The van der Waals surface area contributed by atoms with Crippen LogP contribution in [0.15, 0.2) is 36.5 Å². The van der Waals surface area contributed by atoms with E-state index in [2.05, 4.69) is 41.6 Å². The largest absolute Gasteiger partial charge is 0.384 e. The van der Waals surface area contributed by atoms with Crippen LogP contribution < -0.4 is 5.32 Å². The van der Waals surface area contributed by atoms with Gasteiger partial charge >= 0.3 is 0 Å². The quantitative estimate of drug-likeness (QED) is 0.828. The first-order valence-electron chi connectivity index (χ1n) is 6.67. The minimum atomic E-state index is 0.725. The molecular weight excluding hydrogens is 238 g/mol. The number of nitrogens with one attached hydrogen (secondary N) is 1. The van der Waals surface area contributed by atoms with E-state index in [4.69, 9.17) is 4.74 Å². The smallest absolute Gasteiger partial charge is 0.0766 e. The Morgan fingerprint density at radius 1 is 1.26 bits per heavy atom. The van der Waals surface area contributed by atoms with E-state index in [1.807, 2.05) is 16.9 Å². The molecule has 0 atom stereocenters. The van der Waals surface area contributed by atoms with Gasteiger partial charge in [0.2, 0.25) is 0 Å². The third-order valence-electron chi connectivity index (χ3n) is 3.01. The van der Waals surface area contributed by atoms with Gasteiger partial charge in [-0.25, -0.2) is 4.68 Å². The van der Waals surface area contributed by atoms with Gasteiger partial charge in [-0.05, 0) is 30.7 Å². The van der Waals surface area contributed by atoms with Crippen LogP contribution in [0, 0.1) is 0 Å². The Bertz CT molecular complexity index is 508. The van der Waals surface area contributed by atoms with Crippen LogP contribution in [-0.2, 0) is 17.7 Å².